The number of nitrogens with zero attached hydrogens (tertiary/aromatic N) is 2. The zero-order valence-corrected chi connectivity index (χ0v) is 8.86. The van der Waals surface area contributed by atoms with Crippen molar-refractivity contribution in [3.05, 3.63) is 53.3 Å². The summed E-state index contributed by atoms with van der Waals surface area (Å²) >= 11 is 0. The number of hydrogen-bond donors (Lipinski definition) is 0. The van der Waals surface area contributed by atoms with Crippen molar-refractivity contribution in [3.63, 3.8) is 0 Å². The van der Waals surface area contributed by atoms with Crippen LogP contribution in [-0.2, 0) is 0 Å². The molecule has 0 bridgehead atoms. The van der Waals surface area contributed by atoms with E-state index in [9.17, 15) is 0 Å². The van der Waals surface area contributed by atoms with Crippen LogP contribution >= 0.6 is 0 Å². The average Bonchev–Trinajstić information content (AvgIpc) is 2.59. The summed E-state index contributed by atoms with van der Waals surface area (Å²) in [7, 11) is 0. The second-order valence-electron chi connectivity index (χ2n) is 3.58. The van der Waals surface area contributed by atoms with Crippen LogP contribution in [-0.4, -0.2) is 4.57 Å². The summed E-state index contributed by atoms with van der Waals surface area (Å²) in [6.45, 7) is 4.09. The molecular formula is C13H12N2. The summed E-state index contributed by atoms with van der Waals surface area (Å²) in [5.41, 5.74) is 3.96. The number of benzene rings is 1. The van der Waals surface area contributed by atoms with E-state index in [1.54, 1.807) is 0 Å². The summed E-state index contributed by atoms with van der Waals surface area (Å²) in [6.07, 6.45) is 0. The van der Waals surface area contributed by atoms with Gasteiger partial charge >= 0.3 is 0 Å². The molecular weight excluding hydrogens is 184 g/mol. The first-order valence-corrected chi connectivity index (χ1v) is 4.88. The van der Waals surface area contributed by atoms with Crippen LogP contribution < -0.4 is 0 Å². The number of hydrogen-bond acceptors (Lipinski definition) is 1. The lowest BCUT2D eigenvalue weighted by Crippen LogP contribution is -2.00. The number of nitriles is 1. The zero-order valence-electron chi connectivity index (χ0n) is 8.86. The third-order valence-electron chi connectivity index (χ3n) is 2.54. The third kappa shape index (κ3) is 1.53. The van der Waals surface area contributed by atoms with Crippen molar-refractivity contribution in [2.24, 2.45) is 0 Å². The smallest absolute Gasteiger partial charge is 0.101 e. The summed E-state index contributed by atoms with van der Waals surface area (Å²) in [6, 6.07) is 14.0. The molecule has 2 heteroatoms. The molecule has 0 aliphatic heterocycles. The molecule has 2 nitrogen and oxygen atoms in total. The molecule has 74 valence electrons. The van der Waals surface area contributed by atoms with Crippen LogP contribution in [0.15, 0.2) is 36.4 Å². The Hall–Kier alpha value is -2.01. The summed E-state index contributed by atoms with van der Waals surface area (Å²) in [4.78, 5) is 0. The van der Waals surface area contributed by atoms with Gasteiger partial charge in [-0.15, -0.1) is 0 Å². The monoisotopic (exact) mass is 196 g/mol. The van der Waals surface area contributed by atoms with Gasteiger partial charge in [0, 0.05) is 11.4 Å². The van der Waals surface area contributed by atoms with Crippen molar-refractivity contribution in [3.8, 4) is 11.8 Å². The molecule has 15 heavy (non-hydrogen) atoms. The topological polar surface area (TPSA) is 28.7 Å². The van der Waals surface area contributed by atoms with Gasteiger partial charge in [-0.3, -0.25) is 0 Å². The molecule has 0 amide bonds. The number of aromatic nitrogens is 1. The second-order valence-corrected chi connectivity index (χ2v) is 3.58. The van der Waals surface area contributed by atoms with Crippen LogP contribution in [0, 0.1) is 25.2 Å². The van der Waals surface area contributed by atoms with E-state index in [1.165, 1.54) is 0 Å². The molecule has 0 aliphatic carbocycles. The standard InChI is InChI=1S/C13H12N2/c1-10-7-8-11(2)15(10)13-6-4-3-5-12(13)9-14/h3-8H,1-2H3. The van der Waals surface area contributed by atoms with Crippen molar-refractivity contribution in [1.82, 2.24) is 4.57 Å². The Labute approximate surface area is 89.4 Å². The van der Waals surface area contributed by atoms with E-state index < -0.39 is 0 Å². The first-order valence-electron chi connectivity index (χ1n) is 4.88. The fourth-order valence-electron chi connectivity index (χ4n) is 1.81. The lowest BCUT2D eigenvalue weighted by molar-refractivity contribution is 0.962. The van der Waals surface area contributed by atoms with Crippen molar-refractivity contribution in [2.75, 3.05) is 0 Å². The molecule has 0 N–H and O–H groups in total. The van der Waals surface area contributed by atoms with Gasteiger partial charge in [0.1, 0.15) is 6.07 Å². The van der Waals surface area contributed by atoms with E-state index in [0.29, 0.717) is 5.56 Å². The van der Waals surface area contributed by atoms with E-state index in [4.69, 9.17) is 5.26 Å². The highest BCUT2D eigenvalue weighted by Crippen LogP contribution is 2.19. The summed E-state index contributed by atoms with van der Waals surface area (Å²) in [5, 5.41) is 9.04. The molecule has 1 aromatic carbocycles. The van der Waals surface area contributed by atoms with Gasteiger partial charge in [0.2, 0.25) is 0 Å². The van der Waals surface area contributed by atoms with Crippen LogP contribution in [0.1, 0.15) is 17.0 Å². The minimum absolute atomic E-state index is 0.708. The van der Waals surface area contributed by atoms with Crippen LogP contribution in [0.25, 0.3) is 5.69 Å². The van der Waals surface area contributed by atoms with Crippen molar-refractivity contribution in [2.45, 2.75) is 13.8 Å². The highest BCUT2D eigenvalue weighted by Gasteiger charge is 2.07. The molecule has 2 rings (SSSR count). The molecule has 2 aromatic rings. The molecule has 1 aromatic heterocycles. The predicted octanol–water partition coefficient (Wildman–Crippen LogP) is 2.97. The fourth-order valence-corrected chi connectivity index (χ4v) is 1.81. The quantitative estimate of drug-likeness (QED) is 0.689. The Morgan fingerprint density at radius 1 is 1.00 bits per heavy atom. The molecule has 1 heterocycles. The SMILES string of the molecule is Cc1ccc(C)n1-c1ccccc1C#N. The Kier molecular flexibility index (Phi) is 2.31. The molecule has 0 fully saturated rings. The lowest BCUT2D eigenvalue weighted by Gasteiger charge is -2.10. The van der Waals surface area contributed by atoms with Gasteiger partial charge in [0.25, 0.3) is 0 Å². The van der Waals surface area contributed by atoms with Gasteiger partial charge in [-0.2, -0.15) is 5.26 Å². The molecule has 0 atom stereocenters. The minimum atomic E-state index is 0.708. The van der Waals surface area contributed by atoms with E-state index in [1.807, 2.05) is 38.1 Å². The number of para-hydroxylation sites is 1. The highest BCUT2D eigenvalue weighted by molar-refractivity contribution is 5.50. The van der Waals surface area contributed by atoms with E-state index >= 15 is 0 Å². The van der Waals surface area contributed by atoms with Crippen molar-refractivity contribution < 1.29 is 0 Å². The molecule has 0 spiro atoms. The first kappa shape index (κ1) is 9.54. The van der Waals surface area contributed by atoms with E-state index in [2.05, 4.69) is 22.8 Å². The van der Waals surface area contributed by atoms with E-state index in [-0.39, 0.29) is 0 Å². The Morgan fingerprint density at radius 2 is 1.60 bits per heavy atom. The molecule has 0 saturated heterocycles. The molecule has 0 unspecified atom stereocenters. The van der Waals surface area contributed by atoms with Crippen molar-refractivity contribution in [1.29, 1.82) is 5.26 Å². The number of aryl methyl sites for hydroxylation is 2. The molecule has 0 aliphatic rings. The Bertz CT molecular complexity index is 510. The fraction of sp³-hybridized carbons (Fsp3) is 0.154. The van der Waals surface area contributed by atoms with Crippen LogP contribution in [0.3, 0.4) is 0 Å². The zero-order chi connectivity index (χ0) is 10.8. The van der Waals surface area contributed by atoms with Gasteiger partial charge in [-0.1, -0.05) is 12.1 Å². The van der Waals surface area contributed by atoms with Crippen LogP contribution in [0.4, 0.5) is 0 Å². The maximum atomic E-state index is 9.04. The Morgan fingerprint density at radius 3 is 2.20 bits per heavy atom. The van der Waals surface area contributed by atoms with Gasteiger partial charge in [-0.05, 0) is 38.1 Å². The maximum absolute atomic E-state index is 9.04. The van der Waals surface area contributed by atoms with Crippen LogP contribution in [0.5, 0.6) is 0 Å². The van der Waals surface area contributed by atoms with Gasteiger partial charge in [0.15, 0.2) is 0 Å². The molecule has 0 saturated carbocycles. The van der Waals surface area contributed by atoms with E-state index in [0.717, 1.165) is 17.1 Å². The second kappa shape index (κ2) is 3.62. The maximum Gasteiger partial charge on any atom is 0.101 e. The largest absolute Gasteiger partial charge is 0.317 e. The lowest BCUT2D eigenvalue weighted by atomic mass is 10.2. The summed E-state index contributed by atoms with van der Waals surface area (Å²) < 4.78 is 2.10. The van der Waals surface area contributed by atoms with Crippen LogP contribution in [0.2, 0.25) is 0 Å². The van der Waals surface area contributed by atoms with Crippen molar-refractivity contribution >= 4 is 0 Å². The summed E-state index contributed by atoms with van der Waals surface area (Å²) in [5.74, 6) is 0. The Balaban J connectivity index is 2.70. The highest BCUT2D eigenvalue weighted by atomic mass is 15.0. The first-order chi connectivity index (χ1) is 7.24. The van der Waals surface area contributed by atoms with Gasteiger partial charge in [-0.25, -0.2) is 0 Å². The van der Waals surface area contributed by atoms with Gasteiger partial charge < -0.3 is 4.57 Å². The third-order valence-corrected chi connectivity index (χ3v) is 2.54. The normalized spacial score (nSPS) is 9.93. The predicted molar refractivity (Wildman–Crippen MR) is 60.0 cm³/mol. The minimum Gasteiger partial charge on any atom is -0.317 e. The van der Waals surface area contributed by atoms with Gasteiger partial charge in [0.05, 0.1) is 11.3 Å². The molecule has 0 radical (unpaired) electrons. The average molecular weight is 196 g/mol. The number of rotatable bonds is 1.